The van der Waals surface area contributed by atoms with Gasteiger partial charge in [-0.2, -0.15) is 16.3 Å². The summed E-state index contributed by atoms with van der Waals surface area (Å²) in [6.07, 6.45) is 0.768. The summed E-state index contributed by atoms with van der Waals surface area (Å²) in [5.41, 5.74) is 0.929. The molecule has 0 saturated carbocycles. The number of rotatable bonds is 4. The van der Waals surface area contributed by atoms with E-state index in [1.807, 2.05) is 23.8 Å². The lowest BCUT2D eigenvalue weighted by Crippen LogP contribution is -2.48. The minimum absolute atomic E-state index is 0.0335. The van der Waals surface area contributed by atoms with Gasteiger partial charge in [0.15, 0.2) is 0 Å². The van der Waals surface area contributed by atoms with E-state index in [9.17, 15) is 9.00 Å². The van der Waals surface area contributed by atoms with Crippen molar-refractivity contribution in [1.29, 1.82) is 0 Å². The molecule has 118 valence electrons. The largest absolute Gasteiger partial charge is 0.339 e. The number of hydrogen-bond acceptors (Lipinski definition) is 6. The summed E-state index contributed by atoms with van der Waals surface area (Å²) in [7, 11) is -0.795. The van der Waals surface area contributed by atoms with Crippen LogP contribution in [0.3, 0.4) is 0 Å². The Labute approximate surface area is 135 Å². The van der Waals surface area contributed by atoms with Crippen LogP contribution >= 0.6 is 11.3 Å². The number of nitrogens with zero attached hydrogens (tertiary/aromatic N) is 3. The zero-order valence-corrected chi connectivity index (χ0v) is 13.9. The Hall–Kier alpha value is -1.54. The van der Waals surface area contributed by atoms with Crippen LogP contribution in [-0.2, 0) is 22.0 Å². The van der Waals surface area contributed by atoms with Crippen LogP contribution in [0.4, 0.5) is 0 Å². The van der Waals surface area contributed by atoms with E-state index in [4.69, 9.17) is 4.52 Å². The molecule has 22 heavy (non-hydrogen) atoms. The summed E-state index contributed by atoms with van der Waals surface area (Å²) >= 11 is 1.57. The molecule has 1 aliphatic rings. The number of carbonyl (C=O) groups is 1. The molecule has 0 aromatic carbocycles. The van der Waals surface area contributed by atoms with Crippen LogP contribution in [0.1, 0.15) is 19.2 Å². The average Bonchev–Trinajstić information content (AvgIpc) is 3.16. The lowest BCUT2D eigenvalue weighted by molar-refractivity contribution is -0.132. The Bertz CT molecular complexity index is 669. The molecule has 1 amide bonds. The summed E-state index contributed by atoms with van der Waals surface area (Å²) in [6.45, 7) is 2.51. The second kappa shape index (κ2) is 6.70. The van der Waals surface area contributed by atoms with Crippen molar-refractivity contribution in [1.82, 2.24) is 15.0 Å². The molecular weight excluding hydrogens is 322 g/mol. The van der Waals surface area contributed by atoms with Crippen LogP contribution in [-0.4, -0.2) is 49.2 Å². The van der Waals surface area contributed by atoms with Crippen molar-refractivity contribution in [3.8, 4) is 11.4 Å². The Morgan fingerprint density at radius 1 is 1.59 bits per heavy atom. The average molecular weight is 339 g/mol. The first-order valence-corrected chi connectivity index (χ1v) is 9.56. The molecule has 0 radical (unpaired) electrons. The molecule has 1 saturated heterocycles. The van der Waals surface area contributed by atoms with Crippen molar-refractivity contribution >= 4 is 28.0 Å². The number of aryl methyl sites for hydroxylation is 1. The fourth-order valence-electron chi connectivity index (χ4n) is 2.46. The van der Waals surface area contributed by atoms with Gasteiger partial charge < -0.3 is 9.42 Å². The first-order valence-electron chi connectivity index (χ1n) is 7.13. The second-order valence-corrected chi connectivity index (χ2v) is 7.67. The summed E-state index contributed by atoms with van der Waals surface area (Å²) in [4.78, 5) is 18.4. The van der Waals surface area contributed by atoms with Gasteiger partial charge in [-0.1, -0.05) is 5.16 Å². The minimum Gasteiger partial charge on any atom is -0.339 e. The molecule has 8 heteroatoms. The van der Waals surface area contributed by atoms with Gasteiger partial charge in [-0.05, 0) is 18.4 Å². The Morgan fingerprint density at radius 3 is 3.18 bits per heavy atom. The third-order valence-electron chi connectivity index (χ3n) is 3.64. The van der Waals surface area contributed by atoms with Gasteiger partial charge in [-0.25, -0.2) is 0 Å². The van der Waals surface area contributed by atoms with Crippen LogP contribution in [0.25, 0.3) is 11.4 Å². The number of hydrogen-bond donors (Lipinski definition) is 0. The third-order valence-corrected chi connectivity index (χ3v) is 5.81. The number of amides is 1. The fraction of sp³-hybridized carbons (Fsp3) is 0.500. The number of carbonyl (C=O) groups excluding carboxylic acids is 1. The third kappa shape index (κ3) is 3.44. The molecule has 0 bridgehead atoms. The summed E-state index contributed by atoms with van der Waals surface area (Å²) in [5.74, 6) is 2.22. The number of aromatic nitrogens is 2. The minimum atomic E-state index is -0.795. The first kappa shape index (κ1) is 15.4. The summed E-state index contributed by atoms with van der Waals surface area (Å²) in [6, 6.07) is 1.96. The summed E-state index contributed by atoms with van der Waals surface area (Å²) in [5, 5.41) is 7.84. The Kier molecular flexibility index (Phi) is 4.68. The van der Waals surface area contributed by atoms with Gasteiger partial charge in [0.25, 0.3) is 0 Å². The molecule has 2 atom stereocenters. The van der Waals surface area contributed by atoms with E-state index in [1.165, 1.54) is 0 Å². The van der Waals surface area contributed by atoms with Gasteiger partial charge >= 0.3 is 0 Å². The topological polar surface area (TPSA) is 76.3 Å². The van der Waals surface area contributed by atoms with E-state index in [1.54, 1.807) is 16.2 Å². The second-order valence-electron chi connectivity index (χ2n) is 5.27. The van der Waals surface area contributed by atoms with Crippen molar-refractivity contribution in [3.63, 3.8) is 0 Å². The molecule has 0 aliphatic carbocycles. The zero-order chi connectivity index (χ0) is 15.5. The van der Waals surface area contributed by atoms with Gasteiger partial charge in [0.05, 0.1) is 0 Å². The normalized spacial score (nSPS) is 22.0. The standard InChI is InChI=1S/C14H17N3O3S2/c1-10-9-22(19)7-5-17(10)13(18)3-2-12-15-14(16-20-12)11-4-6-21-8-11/h4,6,8,10H,2-3,5,7,9H2,1H3/t10-,22-/m1/s1. The molecule has 2 aromatic heterocycles. The highest BCUT2D eigenvalue weighted by Crippen LogP contribution is 2.19. The molecule has 0 unspecified atom stereocenters. The molecule has 1 aliphatic heterocycles. The Morgan fingerprint density at radius 2 is 2.45 bits per heavy atom. The maximum absolute atomic E-state index is 12.3. The molecule has 0 spiro atoms. The van der Waals surface area contributed by atoms with Crippen LogP contribution in [0.5, 0.6) is 0 Å². The smallest absolute Gasteiger partial charge is 0.227 e. The van der Waals surface area contributed by atoms with Crippen molar-refractivity contribution in [2.45, 2.75) is 25.8 Å². The van der Waals surface area contributed by atoms with Crippen LogP contribution < -0.4 is 0 Å². The summed E-state index contributed by atoms with van der Waals surface area (Å²) < 4.78 is 16.7. The fourth-order valence-corrected chi connectivity index (χ4v) is 4.38. The van der Waals surface area contributed by atoms with E-state index in [0.717, 1.165) is 5.56 Å². The van der Waals surface area contributed by atoms with Crippen molar-refractivity contribution in [2.75, 3.05) is 18.1 Å². The highest BCUT2D eigenvalue weighted by molar-refractivity contribution is 7.85. The molecule has 2 aromatic rings. The van der Waals surface area contributed by atoms with Gasteiger partial charge in [-0.15, -0.1) is 0 Å². The lowest BCUT2D eigenvalue weighted by atomic mass is 10.2. The van der Waals surface area contributed by atoms with Crippen molar-refractivity contribution < 1.29 is 13.5 Å². The SMILES string of the molecule is C[C@@H]1C[S@](=O)CCN1C(=O)CCc1nc(-c2ccsc2)no1. The molecule has 3 heterocycles. The van der Waals surface area contributed by atoms with E-state index in [0.29, 0.717) is 42.6 Å². The Balaban J connectivity index is 1.56. The van der Waals surface area contributed by atoms with Crippen molar-refractivity contribution in [3.05, 3.63) is 22.7 Å². The highest BCUT2D eigenvalue weighted by Gasteiger charge is 2.26. The van der Waals surface area contributed by atoms with E-state index < -0.39 is 10.8 Å². The number of thiophene rings is 1. The molecular formula is C14H17N3O3S2. The quantitative estimate of drug-likeness (QED) is 0.847. The predicted molar refractivity (Wildman–Crippen MR) is 85.0 cm³/mol. The van der Waals surface area contributed by atoms with Gasteiger partial charge in [0.1, 0.15) is 0 Å². The molecule has 3 rings (SSSR count). The first-order chi connectivity index (χ1) is 10.6. The van der Waals surface area contributed by atoms with Crippen molar-refractivity contribution in [2.24, 2.45) is 0 Å². The maximum Gasteiger partial charge on any atom is 0.227 e. The predicted octanol–water partition coefficient (Wildman–Crippen LogP) is 1.71. The molecule has 6 nitrogen and oxygen atoms in total. The highest BCUT2D eigenvalue weighted by atomic mass is 32.2. The van der Waals surface area contributed by atoms with Crippen LogP contribution in [0.2, 0.25) is 0 Å². The van der Waals surface area contributed by atoms with E-state index >= 15 is 0 Å². The lowest BCUT2D eigenvalue weighted by Gasteiger charge is -2.32. The maximum atomic E-state index is 12.3. The zero-order valence-electron chi connectivity index (χ0n) is 12.2. The molecule has 0 N–H and O–H groups in total. The van der Waals surface area contributed by atoms with E-state index in [-0.39, 0.29) is 11.9 Å². The van der Waals surface area contributed by atoms with Crippen LogP contribution in [0.15, 0.2) is 21.3 Å². The van der Waals surface area contributed by atoms with E-state index in [2.05, 4.69) is 10.1 Å². The molecule has 1 fully saturated rings. The van der Waals surface area contributed by atoms with Crippen LogP contribution in [0, 0.1) is 0 Å². The monoisotopic (exact) mass is 339 g/mol. The van der Waals surface area contributed by atoms with Gasteiger partial charge in [0.2, 0.25) is 17.6 Å². The van der Waals surface area contributed by atoms with Gasteiger partial charge in [0, 0.05) is 58.7 Å². The van der Waals surface area contributed by atoms with Gasteiger partial charge in [-0.3, -0.25) is 9.00 Å².